The number of ether oxygens (including phenoxy) is 1. The number of rotatable bonds is 5. The minimum atomic E-state index is -0.488. The lowest BCUT2D eigenvalue weighted by molar-refractivity contribution is -0.149. The smallest absolute Gasteiger partial charge is 0.306 e. The molecular weight excluding hydrogens is 232 g/mol. The van der Waals surface area contributed by atoms with E-state index in [9.17, 15) is 4.79 Å². The van der Waals surface area contributed by atoms with Crippen molar-refractivity contribution in [1.29, 1.82) is 0 Å². The van der Waals surface area contributed by atoms with Crippen LogP contribution in [-0.2, 0) is 14.9 Å². The van der Waals surface area contributed by atoms with E-state index >= 15 is 0 Å². The number of hydrogen-bond donors (Lipinski definition) is 0. The molecule has 0 aliphatic carbocycles. The predicted octanol–water partition coefficient (Wildman–Crippen LogP) is 3.16. The summed E-state index contributed by atoms with van der Waals surface area (Å²) < 4.78 is 10.3. The van der Waals surface area contributed by atoms with Crippen LogP contribution >= 0.6 is 0 Å². The molecule has 0 saturated heterocycles. The molecule has 1 aromatic heterocycles. The molecule has 1 aromatic rings. The maximum Gasteiger partial charge on any atom is 0.306 e. The summed E-state index contributed by atoms with van der Waals surface area (Å²) in [7, 11) is 0. The molecule has 0 aliphatic heterocycles. The maximum absolute atomic E-state index is 11.5. The molecule has 0 aromatic carbocycles. The average molecular weight is 254 g/mol. The minimum Gasteiger partial charge on any atom is -0.453 e. The van der Waals surface area contributed by atoms with Crippen LogP contribution < -0.4 is 0 Å². The summed E-state index contributed by atoms with van der Waals surface area (Å²) in [6.45, 7) is 9.77. The van der Waals surface area contributed by atoms with Crippen molar-refractivity contribution in [1.82, 2.24) is 10.1 Å². The molecule has 102 valence electrons. The zero-order valence-corrected chi connectivity index (χ0v) is 11.8. The van der Waals surface area contributed by atoms with E-state index in [0.29, 0.717) is 18.1 Å². The van der Waals surface area contributed by atoms with Gasteiger partial charge in [0.2, 0.25) is 0 Å². The molecule has 0 amide bonds. The van der Waals surface area contributed by atoms with Crippen LogP contribution in [0.15, 0.2) is 4.52 Å². The highest BCUT2D eigenvalue weighted by molar-refractivity contribution is 5.69. The Hall–Kier alpha value is -1.39. The Bertz CT molecular complexity index is 393. The second-order valence-corrected chi connectivity index (χ2v) is 5.44. The molecule has 0 radical (unpaired) electrons. The molecule has 1 heterocycles. The Balaban J connectivity index is 2.59. The summed E-state index contributed by atoms with van der Waals surface area (Å²) in [5.41, 5.74) is -0.173. The molecule has 5 nitrogen and oxygen atoms in total. The lowest BCUT2D eigenvalue weighted by Gasteiger charge is -2.11. The van der Waals surface area contributed by atoms with Gasteiger partial charge in [-0.3, -0.25) is 4.79 Å². The molecule has 0 bridgehead atoms. The molecule has 1 unspecified atom stereocenters. The van der Waals surface area contributed by atoms with E-state index in [1.165, 1.54) is 0 Å². The van der Waals surface area contributed by atoms with Crippen molar-refractivity contribution in [3.05, 3.63) is 11.7 Å². The number of unbranched alkanes of at least 4 members (excludes halogenated alkanes) is 1. The van der Waals surface area contributed by atoms with Crippen LogP contribution in [0.5, 0.6) is 0 Å². The summed E-state index contributed by atoms with van der Waals surface area (Å²) in [5, 5.41) is 3.90. The number of nitrogens with zero attached hydrogens (tertiary/aromatic N) is 2. The lowest BCUT2D eigenvalue weighted by atomic mass is 9.96. The molecule has 0 saturated carbocycles. The lowest BCUT2D eigenvalue weighted by Crippen LogP contribution is -2.14. The van der Waals surface area contributed by atoms with Gasteiger partial charge >= 0.3 is 5.97 Å². The van der Waals surface area contributed by atoms with Gasteiger partial charge < -0.3 is 9.26 Å². The van der Waals surface area contributed by atoms with E-state index in [1.807, 2.05) is 27.7 Å². The molecule has 0 N–H and O–H groups in total. The summed E-state index contributed by atoms with van der Waals surface area (Å²) in [6.07, 6.45) is 1.75. The number of carbonyl (C=O) groups excluding carboxylic acids is 1. The highest BCUT2D eigenvalue weighted by Crippen LogP contribution is 2.22. The number of esters is 1. The highest BCUT2D eigenvalue weighted by Gasteiger charge is 2.24. The van der Waals surface area contributed by atoms with Gasteiger partial charge in [-0.15, -0.1) is 0 Å². The van der Waals surface area contributed by atoms with Gasteiger partial charge in [-0.25, -0.2) is 0 Å². The highest BCUT2D eigenvalue weighted by atomic mass is 16.6. The standard InChI is InChI=1S/C13H22N2O3/c1-6-7-8-10(16)17-9(2)11-14-12(15-18-11)13(3,4)5/h9H,6-8H2,1-5H3. The molecule has 1 atom stereocenters. The largest absolute Gasteiger partial charge is 0.453 e. The second-order valence-electron chi connectivity index (χ2n) is 5.44. The van der Waals surface area contributed by atoms with E-state index in [2.05, 4.69) is 10.1 Å². The first-order valence-corrected chi connectivity index (χ1v) is 6.38. The molecule has 0 aliphatic rings. The van der Waals surface area contributed by atoms with Crippen molar-refractivity contribution in [3.63, 3.8) is 0 Å². The van der Waals surface area contributed by atoms with Crippen LogP contribution in [-0.4, -0.2) is 16.1 Å². The first-order chi connectivity index (χ1) is 8.34. The molecule has 0 fully saturated rings. The fourth-order valence-corrected chi connectivity index (χ4v) is 1.33. The van der Waals surface area contributed by atoms with E-state index < -0.39 is 6.10 Å². The van der Waals surface area contributed by atoms with E-state index in [4.69, 9.17) is 9.26 Å². The topological polar surface area (TPSA) is 65.2 Å². The van der Waals surface area contributed by atoms with E-state index in [1.54, 1.807) is 6.92 Å². The Kier molecular flexibility index (Phi) is 4.87. The predicted molar refractivity (Wildman–Crippen MR) is 67.0 cm³/mol. The number of carbonyl (C=O) groups is 1. The first-order valence-electron chi connectivity index (χ1n) is 6.38. The quantitative estimate of drug-likeness (QED) is 0.755. The zero-order valence-electron chi connectivity index (χ0n) is 11.8. The third kappa shape index (κ3) is 4.13. The molecule has 0 spiro atoms. The van der Waals surface area contributed by atoms with E-state index in [0.717, 1.165) is 12.8 Å². The van der Waals surface area contributed by atoms with Gasteiger partial charge in [0.15, 0.2) is 11.9 Å². The molecule has 5 heteroatoms. The van der Waals surface area contributed by atoms with Crippen LogP contribution in [0.1, 0.15) is 71.7 Å². The van der Waals surface area contributed by atoms with Crippen molar-refractivity contribution in [2.24, 2.45) is 0 Å². The van der Waals surface area contributed by atoms with E-state index in [-0.39, 0.29) is 11.4 Å². The van der Waals surface area contributed by atoms with Crippen molar-refractivity contribution >= 4 is 5.97 Å². The number of aromatic nitrogens is 2. The van der Waals surface area contributed by atoms with Crippen molar-refractivity contribution in [2.45, 2.75) is 65.4 Å². The molecule has 1 rings (SSSR count). The zero-order chi connectivity index (χ0) is 13.8. The van der Waals surface area contributed by atoms with Crippen molar-refractivity contribution < 1.29 is 14.1 Å². The Morgan fingerprint density at radius 1 is 1.44 bits per heavy atom. The van der Waals surface area contributed by atoms with Gasteiger partial charge in [0, 0.05) is 11.8 Å². The summed E-state index contributed by atoms with van der Waals surface area (Å²) >= 11 is 0. The number of hydrogen-bond acceptors (Lipinski definition) is 5. The maximum atomic E-state index is 11.5. The normalized spacial score (nSPS) is 13.4. The third-order valence-corrected chi connectivity index (χ3v) is 2.50. The fourth-order valence-electron chi connectivity index (χ4n) is 1.33. The second kappa shape index (κ2) is 5.98. The monoisotopic (exact) mass is 254 g/mol. The van der Waals surface area contributed by atoms with Gasteiger partial charge in [0.05, 0.1) is 0 Å². The van der Waals surface area contributed by atoms with Gasteiger partial charge in [0.25, 0.3) is 5.89 Å². The summed E-state index contributed by atoms with van der Waals surface area (Å²) in [6, 6.07) is 0. The van der Waals surface area contributed by atoms with Crippen LogP contribution in [0.25, 0.3) is 0 Å². The van der Waals surface area contributed by atoms with Crippen LogP contribution in [0.2, 0.25) is 0 Å². The summed E-state index contributed by atoms with van der Waals surface area (Å²) in [4.78, 5) is 15.7. The molecular formula is C13H22N2O3. The van der Waals surface area contributed by atoms with Crippen LogP contribution in [0.4, 0.5) is 0 Å². The summed E-state index contributed by atoms with van der Waals surface area (Å²) in [5.74, 6) is 0.749. The SMILES string of the molecule is CCCCC(=O)OC(C)c1nc(C(C)(C)C)no1. The first kappa shape index (κ1) is 14.7. The average Bonchev–Trinajstić information content (AvgIpc) is 2.75. The van der Waals surface area contributed by atoms with Gasteiger partial charge in [0.1, 0.15) is 0 Å². The van der Waals surface area contributed by atoms with Crippen molar-refractivity contribution in [2.75, 3.05) is 0 Å². The van der Waals surface area contributed by atoms with Gasteiger partial charge in [-0.05, 0) is 13.3 Å². The third-order valence-electron chi connectivity index (χ3n) is 2.50. The fraction of sp³-hybridized carbons (Fsp3) is 0.769. The Labute approximate surface area is 108 Å². The Morgan fingerprint density at radius 2 is 2.11 bits per heavy atom. The van der Waals surface area contributed by atoms with Gasteiger partial charge in [-0.2, -0.15) is 4.98 Å². The minimum absolute atomic E-state index is 0.173. The van der Waals surface area contributed by atoms with Gasteiger partial charge in [-0.1, -0.05) is 39.3 Å². The van der Waals surface area contributed by atoms with Crippen molar-refractivity contribution in [3.8, 4) is 0 Å². The Morgan fingerprint density at radius 3 is 2.61 bits per heavy atom. The van der Waals surface area contributed by atoms with Crippen LogP contribution in [0.3, 0.4) is 0 Å². The van der Waals surface area contributed by atoms with Crippen LogP contribution in [0, 0.1) is 0 Å². The molecule has 18 heavy (non-hydrogen) atoms.